The molecule has 2 nitrogen and oxygen atoms in total. The van der Waals surface area contributed by atoms with Crippen molar-refractivity contribution in [3.63, 3.8) is 0 Å². The van der Waals surface area contributed by atoms with E-state index in [9.17, 15) is 0 Å². The number of aliphatic hydroxyl groups is 1. The van der Waals surface area contributed by atoms with E-state index in [0.29, 0.717) is 0 Å². The highest BCUT2D eigenvalue weighted by Gasteiger charge is 2.01. The number of hydrogen-bond donors (Lipinski definition) is 2. The van der Waals surface area contributed by atoms with Gasteiger partial charge in [0, 0.05) is 17.3 Å². The molecule has 0 bridgehead atoms. The third kappa shape index (κ3) is 3.14. The van der Waals surface area contributed by atoms with Gasteiger partial charge in [0.25, 0.3) is 0 Å². The summed E-state index contributed by atoms with van der Waals surface area (Å²) in [6, 6.07) is 3.80. The Balaban J connectivity index is 2.51. The average Bonchev–Trinajstić information content (AvgIpc) is 2.06. The van der Waals surface area contributed by atoms with Crippen molar-refractivity contribution in [3.8, 4) is 0 Å². The Morgan fingerprint density at radius 2 is 2.55 bits per heavy atom. The molecular weight excluding hydrogens is 178 g/mol. The van der Waals surface area contributed by atoms with Gasteiger partial charge in [0.15, 0.2) is 0 Å². The van der Waals surface area contributed by atoms with Crippen LogP contribution in [0.5, 0.6) is 0 Å². The Labute approximate surface area is 75.5 Å². The van der Waals surface area contributed by atoms with Gasteiger partial charge in [-0.15, -0.1) is 11.8 Å². The molecule has 1 N–H and O–H groups in total. The molecular formula is C7H9NOS2. The molecule has 0 aliphatic rings. The SMILES string of the molecule is OCC(S)Sc1cccnc1. The van der Waals surface area contributed by atoms with Crippen LogP contribution in [0.1, 0.15) is 0 Å². The van der Waals surface area contributed by atoms with Crippen LogP contribution in [-0.4, -0.2) is 21.3 Å². The molecule has 0 aromatic carbocycles. The maximum Gasteiger partial charge on any atom is 0.0750 e. The molecule has 1 unspecified atom stereocenters. The zero-order valence-electron chi connectivity index (χ0n) is 5.84. The molecule has 60 valence electrons. The van der Waals surface area contributed by atoms with Crippen LogP contribution < -0.4 is 0 Å². The van der Waals surface area contributed by atoms with E-state index in [2.05, 4.69) is 17.6 Å². The zero-order chi connectivity index (χ0) is 8.10. The summed E-state index contributed by atoms with van der Waals surface area (Å²) < 4.78 is -0.0563. The summed E-state index contributed by atoms with van der Waals surface area (Å²) in [7, 11) is 0. The number of nitrogens with zero attached hydrogens (tertiary/aromatic N) is 1. The lowest BCUT2D eigenvalue weighted by molar-refractivity contribution is 0.316. The van der Waals surface area contributed by atoms with Crippen molar-refractivity contribution in [1.29, 1.82) is 0 Å². The van der Waals surface area contributed by atoms with Crippen LogP contribution in [0.2, 0.25) is 0 Å². The van der Waals surface area contributed by atoms with Gasteiger partial charge in [0.2, 0.25) is 0 Å². The topological polar surface area (TPSA) is 33.1 Å². The Morgan fingerprint density at radius 3 is 3.09 bits per heavy atom. The predicted molar refractivity (Wildman–Crippen MR) is 50.0 cm³/mol. The molecule has 0 aliphatic carbocycles. The number of hydrogen-bond acceptors (Lipinski definition) is 4. The third-order valence-corrected chi connectivity index (χ3v) is 2.48. The van der Waals surface area contributed by atoms with Gasteiger partial charge in [-0.05, 0) is 12.1 Å². The predicted octanol–water partition coefficient (Wildman–Crippen LogP) is 1.42. The van der Waals surface area contributed by atoms with Crippen LogP contribution in [0.15, 0.2) is 29.4 Å². The van der Waals surface area contributed by atoms with Gasteiger partial charge < -0.3 is 5.11 Å². The number of thiol groups is 1. The molecule has 11 heavy (non-hydrogen) atoms. The van der Waals surface area contributed by atoms with Gasteiger partial charge in [-0.1, -0.05) is 0 Å². The highest BCUT2D eigenvalue weighted by atomic mass is 32.2. The first-order valence-corrected chi connectivity index (χ1v) is 4.58. The molecule has 1 atom stereocenters. The summed E-state index contributed by atoms with van der Waals surface area (Å²) in [6.07, 6.45) is 3.47. The van der Waals surface area contributed by atoms with E-state index in [-0.39, 0.29) is 11.2 Å². The first-order valence-electron chi connectivity index (χ1n) is 3.18. The van der Waals surface area contributed by atoms with Crippen molar-refractivity contribution in [2.45, 2.75) is 9.48 Å². The fourth-order valence-corrected chi connectivity index (χ4v) is 1.64. The fraction of sp³-hybridized carbons (Fsp3) is 0.286. The molecule has 1 aromatic heterocycles. The smallest absolute Gasteiger partial charge is 0.0750 e. The molecule has 4 heteroatoms. The zero-order valence-corrected chi connectivity index (χ0v) is 7.55. The molecule has 1 rings (SSSR count). The van der Waals surface area contributed by atoms with E-state index >= 15 is 0 Å². The van der Waals surface area contributed by atoms with Gasteiger partial charge in [0.1, 0.15) is 0 Å². The van der Waals surface area contributed by atoms with E-state index in [1.165, 1.54) is 11.8 Å². The van der Waals surface area contributed by atoms with Crippen LogP contribution in [-0.2, 0) is 0 Å². The summed E-state index contributed by atoms with van der Waals surface area (Å²) in [6.45, 7) is 0.0721. The lowest BCUT2D eigenvalue weighted by Gasteiger charge is -2.04. The first kappa shape index (κ1) is 8.90. The number of aliphatic hydroxyl groups excluding tert-OH is 1. The minimum atomic E-state index is -0.0563. The average molecular weight is 187 g/mol. The minimum Gasteiger partial charge on any atom is -0.394 e. The molecule has 0 amide bonds. The quantitative estimate of drug-likeness (QED) is 0.426. The third-order valence-electron chi connectivity index (χ3n) is 1.06. The second kappa shape index (κ2) is 4.64. The van der Waals surface area contributed by atoms with E-state index in [4.69, 9.17) is 5.11 Å². The van der Waals surface area contributed by atoms with E-state index < -0.39 is 0 Å². The lowest BCUT2D eigenvalue weighted by Crippen LogP contribution is -1.97. The number of pyridine rings is 1. The Kier molecular flexibility index (Phi) is 3.76. The molecule has 0 spiro atoms. The standard InChI is InChI=1S/C7H9NOS2/c9-5-7(10)11-6-2-1-3-8-4-6/h1-4,7,9-10H,5H2. The summed E-state index contributed by atoms with van der Waals surface area (Å²) >= 11 is 5.62. The molecule has 1 heterocycles. The van der Waals surface area contributed by atoms with Crippen molar-refractivity contribution in [2.24, 2.45) is 0 Å². The highest BCUT2D eigenvalue weighted by Crippen LogP contribution is 2.23. The molecule has 0 aliphatic heterocycles. The largest absolute Gasteiger partial charge is 0.394 e. The highest BCUT2D eigenvalue weighted by molar-refractivity contribution is 8.10. The fourth-order valence-electron chi connectivity index (χ4n) is 0.611. The number of aromatic nitrogens is 1. The molecule has 0 saturated carbocycles. The second-order valence-electron chi connectivity index (χ2n) is 1.94. The van der Waals surface area contributed by atoms with Crippen LogP contribution in [0, 0.1) is 0 Å². The summed E-state index contributed by atoms with van der Waals surface area (Å²) in [5.41, 5.74) is 0. The maximum absolute atomic E-state index is 8.68. The van der Waals surface area contributed by atoms with Crippen molar-refractivity contribution in [3.05, 3.63) is 24.5 Å². The molecule has 0 radical (unpaired) electrons. The monoisotopic (exact) mass is 187 g/mol. The van der Waals surface area contributed by atoms with Gasteiger partial charge in [-0.3, -0.25) is 4.98 Å². The van der Waals surface area contributed by atoms with Gasteiger partial charge in [-0.25, -0.2) is 0 Å². The van der Waals surface area contributed by atoms with Crippen molar-refractivity contribution >= 4 is 24.4 Å². The van der Waals surface area contributed by atoms with Crippen LogP contribution in [0.4, 0.5) is 0 Å². The number of rotatable bonds is 3. The summed E-state index contributed by atoms with van der Waals surface area (Å²) in [4.78, 5) is 4.96. The van der Waals surface area contributed by atoms with E-state index in [1.807, 2.05) is 12.1 Å². The minimum absolute atomic E-state index is 0.0563. The van der Waals surface area contributed by atoms with Crippen molar-refractivity contribution in [1.82, 2.24) is 4.98 Å². The van der Waals surface area contributed by atoms with E-state index in [1.54, 1.807) is 12.4 Å². The van der Waals surface area contributed by atoms with Gasteiger partial charge in [0.05, 0.1) is 11.2 Å². The van der Waals surface area contributed by atoms with Crippen molar-refractivity contribution in [2.75, 3.05) is 6.61 Å². The summed E-state index contributed by atoms with van der Waals surface area (Å²) in [5.74, 6) is 0. The molecule has 0 saturated heterocycles. The Hall–Kier alpha value is -0.190. The van der Waals surface area contributed by atoms with E-state index in [0.717, 1.165) is 4.90 Å². The van der Waals surface area contributed by atoms with Crippen LogP contribution in [0.25, 0.3) is 0 Å². The molecule has 1 aromatic rings. The van der Waals surface area contributed by atoms with Crippen molar-refractivity contribution < 1.29 is 5.11 Å². The van der Waals surface area contributed by atoms with Crippen LogP contribution >= 0.6 is 24.4 Å². The van der Waals surface area contributed by atoms with Gasteiger partial charge in [-0.2, -0.15) is 12.6 Å². The van der Waals surface area contributed by atoms with Crippen LogP contribution in [0.3, 0.4) is 0 Å². The Bertz CT molecular complexity index is 205. The first-order chi connectivity index (χ1) is 5.33. The molecule has 0 fully saturated rings. The lowest BCUT2D eigenvalue weighted by atomic mass is 10.5. The number of thioether (sulfide) groups is 1. The summed E-state index contributed by atoms with van der Waals surface area (Å²) in [5, 5.41) is 8.68. The second-order valence-corrected chi connectivity index (χ2v) is 4.19. The maximum atomic E-state index is 8.68. The Morgan fingerprint density at radius 1 is 1.73 bits per heavy atom. The van der Waals surface area contributed by atoms with Gasteiger partial charge >= 0.3 is 0 Å². The normalized spacial score (nSPS) is 12.9.